The highest BCUT2D eigenvalue weighted by Crippen LogP contribution is 2.30. The maximum Gasteiger partial charge on any atom is 0.122 e. The van der Waals surface area contributed by atoms with E-state index in [-0.39, 0.29) is 0 Å². The highest BCUT2D eigenvalue weighted by atomic mass is 16.5. The van der Waals surface area contributed by atoms with Crippen LogP contribution in [0.1, 0.15) is 11.1 Å². The number of benzene rings is 8. The number of rotatable bonds is 9. The minimum atomic E-state index is 0.429. The molecule has 0 aliphatic rings. The normalized spacial score (nSPS) is 11.8. The molecule has 0 radical (unpaired) electrons. The Labute approximate surface area is 279 Å². The topological polar surface area (TPSA) is 43.2 Å². The largest absolute Gasteiger partial charge is 0.490 e. The van der Waals surface area contributed by atoms with Gasteiger partial charge in [-0.15, -0.1) is 0 Å². The van der Waals surface area contributed by atoms with E-state index in [4.69, 9.17) is 19.5 Å². The molecule has 4 heteroatoms. The summed E-state index contributed by atoms with van der Waals surface area (Å²) in [7, 11) is 0. The smallest absolute Gasteiger partial charge is 0.122 e. The first-order valence-electron chi connectivity index (χ1n) is 16.1. The van der Waals surface area contributed by atoms with E-state index < -0.39 is 0 Å². The third-order valence-corrected chi connectivity index (χ3v) is 8.61. The monoisotopic (exact) mass is 620 g/mol. The number of ether oxygens (including phenoxy) is 2. The molecule has 48 heavy (non-hydrogen) atoms. The minimum Gasteiger partial charge on any atom is -0.490 e. The van der Waals surface area contributed by atoms with Gasteiger partial charge in [0.25, 0.3) is 0 Å². The standard InChI is InChI=1S/C44H32N2O2/c1-5-13-39-31(9-1)27-32-10-2-6-14-40(32)43(39)29-45-35-17-21-37(22-18-35)47-25-26-48-38-23-19-36(20-24-38)46-30-44-41-15-7-3-11-33(41)28-34-12-4-8-16-42(34)44/h1-24,27-30H,25-26H2. The van der Waals surface area contributed by atoms with Crippen LogP contribution in [0.4, 0.5) is 11.4 Å². The molecule has 0 spiro atoms. The number of hydrogen-bond acceptors (Lipinski definition) is 4. The van der Waals surface area contributed by atoms with Crippen LogP contribution in [-0.4, -0.2) is 25.6 Å². The lowest BCUT2D eigenvalue weighted by Gasteiger charge is -2.09. The average Bonchev–Trinajstić information content (AvgIpc) is 3.14. The molecule has 8 aromatic carbocycles. The molecular formula is C44H32N2O2. The lowest BCUT2D eigenvalue weighted by Crippen LogP contribution is -2.08. The molecule has 0 saturated heterocycles. The van der Waals surface area contributed by atoms with Crippen LogP contribution in [0.25, 0.3) is 43.1 Å². The van der Waals surface area contributed by atoms with Gasteiger partial charge in [0.05, 0.1) is 11.4 Å². The lowest BCUT2D eigenvalue weighted by atomic mass is 9.97. The molecule has 0 saturated carbocycles. The Balaban J connectivity index is 0.878. The van der Waals surface area contributed by atoms with Crippen LogP contribution >= 0.6 is 0 Å². The van der Waals surface area contributed by atoms with Crippen molar-refractivity contribution in [1.29, 1.82) is 0 Å². The summed E-state index contributed by atoms with van der Waals surface area (Å²) >= 11 is 0. The van der Waals surface area contributed by atoms with Crippen molar-refractivity contribution in [2.75, 3.05) is 13.2 Å². The van der Waals surface area contributed by atoms with Crippen molar-refractivity contribution in [2.45, 2.75) is 0 Å². The first-order chi connectivity index (χ1) is 23.8. The second kappa shape index (κ2) is 13.2. The Morgan fingerprint density at radius 1 is 0.375 bits per heavy atom. The second-order valence-corrected chi connectivity index (χ2v) is 11.7. The Bertz CT molecular complexity index is 2160. The Morgan fingerprint density at radius 2 is 0.688 bits per heavy atom. The van der Waals surface area contributed by atoms with Crippen molar-refractivity contribution < 1.29 is 9.47 Å². The van der Waals surface area contributed by atoms with E-state index in [1.54, 1.807) is 0 Å². The van der Waals surface area contributed by atoms with Crippen molar-refractivity contribution in [3.63, 3.8) is 0 Å². The number of nitrogens with zero attached hydrogens (tertiary/aromatic N) is 2. The van der Waals surface area contributed by atoms with Gasteiger partial charge in [0.15, 0.2) is 0 Å². The van der Waals surface area contributed by atoms with Crippen LogP contribution in [0.15, 0.2) is 168 Å². The summed E-state index contributed by atoms with van der Waals surface area (Å²) < 4.78 is 11.9. The lowest BCUT2D eigenvalue weighted by molar-refractivity contribution is 0.217. The van der Waals surface area contributed by atoms with Gasteiger partial charge in [0, 0.05) is 23.6 Å². The van der Waals surface area contributed by atoms with Crippen LogP contribution in [-0.2, 0) is 0 Å². The van der Waals surface area contributed by atoms with Gasteiger partial charge in [-0.25, -0.2) is 0 Å². The Morgan fingerprint density at radius 3 is 1.02 bits per heavy atom. The van der Waals surface area contributed by atoms with E-state index in [2.05, 4.69) is 109 Å². The fraction of sp³-hybridized carbons (Fsp3) is 0.0455. The van der Waals surface area contributed by atoms with Crippen LogP contribution < -0.4 is 9.47 Å². The molecule has 0 bridgehead atoms. The first kappa shape index (κ1) is 29.2. The highest BCUT2D eigenvalue weighted by Gasteiger charge is 2.07. The summed E-state index contributed by atoms with van der Waals surface area (Å²) in [6, 6.07) is 53.9. The van der Waals surface area contributed by atoms with Gasteiger partial charge in [0.1, 0.15) is 24.7 Å². The van der Waals surface area contributed by atoms with Crippen molar-refractivity contribution in [3.8, 4) is 11.5 Å². The quantitative estimate of drug-likeness (QED) is 0.0915. The predicted octanol–water partition coefficient (Wildman–Crippen LogP) is 11.3. The van der Waals surface area contributed by atoms with Gasteiger partial charge in [-0.05, 0) is 104 Å². The van der Waals surface area contributed by atoms with Gasteiger partial charge in [-0.2, -0.15) is 0 Å². The molecule has 0 heterocycles. The summed E-state index contributed by atoms with van der Waals surface area (Å²) in [5.74, 6) is 1.55. The fourth-order valence-corrected chi connectivity index (χ4v) is 6.23. The zero-order chi connectivity index (χ0) is 32.1. The molecule has 0 amide bonds. The zero-order valence-corrected chi connectivity index (χ0v) is 26.3. The Hall–Kier alpha value is -6.26. The predicted molar refractivity (Wildman–Crippen MR) is 201 cm³/mol. The summed E-state index contributed by atoms with van der Waals surface area (Å²) in [5, 5.41) is 9.60. The molecule has 0 atom stereocenters. The highest BCUT2D eigenvalue weighted by molar-refractivity contribution is 6.14. The third kappa shape index (κ3) is 6.12. The van der Waals surface area contributed by atoms with Crippen molar-refractivity contribution in [1.82, 2.24) is 0 Å². The van der Waals surface area contributed by atoms with Crippen LogP contribution in [0.3, 0.4) is 0 Å². The third-order valence-electron chi connectivity index (χ3n) is 8.61. The molecule has 230 valence electrons. The molecule has 0 aliphatic carbocycles. The van der Waals surface area contributed by atoms with Gasteiger partial charge >= 0.3 is 0 Å². The second-order valence-electron chi connectivity index (χ2n) is 11.7. The SMILES string of the molecule is C(=Nc1ccc(OCCOc2ccc(N=Cc3c4ccccc4cc4ccccc34)cc2)cc1)c1c2ccccc2cc2ccccc12. The van der Waals surface area contributed by atoms with Crippen molar-refractivity contribution in [2.24, 2.45) is 9.98 Å². The molecular weight excluding hydrogens is 588 g/mol. The van der Waals surface area contributed by atoms with E-state index in [1.165, 1.54) is 43.1 Å². The van der Waals surface area contributed by atoms with Crippen LogP contribution in [0, 0.1) is 0 Å². The van der Waals surface area contributed by atoms with Gasteiger partial charge < -0.3 is 9.47 Å². The zero-order valence-electron chi connectivity index (χ0n) is 26.3. The summed E-state index contributed by atoms with van der Waals surface area (Å²) in [5.41, 5.74) is 3.98. The van der Waals surface area contributed by atoms with Gasteiger partial charge in [-0.3, -0.25) is 9.98 Å². The van der Waals surface area contributed by atoms with E-state index in [9.17, 15) is 0 Å². The Kier molecular flexibility index (Phi) is 8.04. The van der Waals surface area contributed by atoms with Crippen molar-refractivity contribution in [3.05, 3.63) is 169 Å². The molecule has 4 nitrogen and oxygen atoms in total. The van der Waals surface area contributed by atoms with Crippen molar-refractivity contribution >= 4 is 66.9 Å². The molecule has 0 N–H and O–H groups in total. The molecule has 0 aromatic heterocycles. The molecule has 8 aromatic rings. The van der Waals surface area contributed by atoms with E-state index in [1.807, 2.05) is 61.0 Å². The van der Waals surface area contributed by atoms with E-state index in [0.717, 1.165) is 34.0 Å². The first-order valence-corrected chi connectivity index (χ1v) is 16.1. The molecule has 0 aliphatic heterocycles. The van der Waals surface area contributed by atoms with Gasteiger partial charge in [0.2, 0.25) is 0 Å². The maximum atomic E-state index is 5.94. The number of aliphatic imine (C=N–C) groups is 2. The molecule has 0 unspecified atom stereocenters. The number of hydrogen-bond donors (Lipinski definition) is 0. The number of fused-ring (bicyclic) bond motifs is 4. The molecule has 0 fully saturated rings. The van der Waals surface area contributed by atoms with Gasteiger partial charge in [-0.1, -0.05) is 97.1 Å². The summed E-state index contributed by atoms with van der Waals surface area (Å²) in [4.78, 5) is 9.61. The summed E-state index contributed by atoms with van der Waals surface area (Å²) in [6.07, 6.45) is 3.94. The van der Waals surface area contributed by atoms with Crippen LogP contribution in [0.2, 0.25) is 0 Å². The van der Waals surface area contributed by atoms with E-state index in [0.29, 0.717) is 13.2 Å². The summed E-state index contributed by atoms with van der Waals surface area (Å²) in [6.45, 7) is 0.858. The van der Waals surface area contributed by atoms with Crippen LogP contribution in [0.5, 0.6) is 11.5 Å². The average molecular weight is 621 g/mol. The fourth-order valence-electron chi connectivity index (χ4n) is 6.23. The van der Waals surface area contributed by atoms with E-state index >= 15 is 0 Å². The minimum absolute atomic E-state index is 0.429. The maximum absolute atomic E-state index is 5.94. The molecule has 8 rings (SSSR count).